The minimum Gasteiger partial charge on any atom is -0.370 e. The molecule has 7 heteroatoms. The van der Waals surface area contributed by atoms with Crippen LogP contribution in [0.1, 0.15) is 37.6 Å². The molecule has 1 aromatic heterocycles. The van der Waals surface area contributed by atoms with Gasteiger partial charge in [0, 0.05) is 40.8 Å². The van der Waals surface area contributed by atoms with E-state index in [1.807, 2.05) is 20.8 Å². The molecule has 0 saturated carbocycles. The highest BCUT2D eigenvalue weighted by Gasteiger charge is 2.12. The van der Waals surface area contributed by atoms with E-state index < -0.39 is 10.8 Å². The van der Waals surface area contributed by atoms with E-state index in [0.29, 0.717) is 11.6 Å². The molecule has 1 atom stereocenters. The maximum absolute atomic E-state index is 11.0. The largest absolute Gasteiger partial charge is 0.370 e. The minimum absolute atomic E-state index is 0.233. The minimum atomic E-state index is -0.752. The number of hydrogen-bond donors (Lipinski definition) is 3. The van der Waals surface area contributed by atoms with Crippen molar-refractivity contribution in [2.24, 2.45) is 5.84 Å². The second-order valence-corrected chi connectivity index (χ2v) is 6.32. The van der Waals surface area contributed by atoms with Gasteiger partial charge in [-0.05, 0) is 13.3 Å². The van der Waals surface area contributed by atoms with E-state index >= 15 is 0 Å². The molecule has 0 amide bonds. The Morgan fingerprint density at radius 2 is 1.95 bits per heavy atom. The molecule has 6 nitrogen and oxygen atoms in total. The summed E-state index contributed by atoms with van der Waals surface area (Å²) < 4.78 is 11.0. The Labute approximate surface area is 117 Å². The Morgan fingerprint density at radius 1 is 1.32 bits per heavy atom. The second kappa shape index (κ2) is 7.40. The van der Waals surface area contributed by atoms with Crippen LogP contribution >= 0.6 is 0 Å². The molecular weight excluding hydrogens is 262 g/mol. The summed E-state index contributed by atoms with van der Waals surface area (Å²) in [6, 6.07) is 0. The fourth-order valence-electron chi connectivity index (χ4n) is 1.59. The lowest BCUT2D eigenvalue weighted by Crippen LogP contribution is -2.16. The number of nitrogens with two attached hydrogens (primary N) is 1. The predicted octanol–water partition coefficient (Wildman–Crippen LogP) is 1.37. The van der Waals surface area contributed by atoms with Crippen molar-refractivity contribution < 1.29 is 4.21 Å². The summed E-state index contributed by atoms with van der Waals surface area (Å²) in [4.78, 5) is 8.87. The lowest BCUT2D eigenvalue weighted by Gasteiger charge is -2.14. The van der Waals surface area contributed by atoms with Gasteiger partial charge >= 0.3 is 0 Å². The third-order valence-corrected chi connectivity index (χ3v) is 3.58. The Balaban J connectivity index is 2.80. The van der Waals surface area contributed by atoms with Crippen LogP contribution in [0.2, 0.25) is 0 Å². The summed E-state index contributed by atoms with van der Waals surface area (Å²) in [5.41, 5.74) is 3.49. The van der Waals surface area contributed by atoms with Gasteiger partial charge in [0.25, 0.3) is 0 Å². The third kappa shape index (κ3) is 4.76. The van der Waals surface area contributed by atoms with Crippen molar-refractivity contribution in [3.05, 3.63) is 11.4 Å². The number of nitrogens with zero attached hydrogens (tertiary/aromatic N) is 2. The van der Waals surface area contributed by atoms with Crippen molar-refractivity contribution >= 4 is 22.4 Å². The molecule has 0 fully saturated rings. The monoisotopic (exact) mass is 285 g/mol. The highest BCUT2D eigenvalue weighted by Crippen LogP contribution is 2.22. The molecule has 0 radical (unpaired) electrons. The van der Waals surface area contributed by atoms with Crippen LogP contribution in [0.4, 0.5) is 11.6 Å². The maximum Gasteiger partial charge on any atom is 0.148 e. The fourth-order valence-corrected chi connectivity index (χ4v) is 2.14. The highest BCUT2D eigenvalue weighted by molar-refractivity contribution is 7.84. The van der Waals surface area contributed by atoms with Crippen molar-refractivity contribution in [2.75, 3.05) is 29.3 Å². The average molecular weight is 285 g/mol. The van der Waals surface area contributed by atoms with Gasteiger partial charge in [-0.15, -0.1) is 0 Å². The van der Waals surface area contributed by atoms with Gasteiger partial charge in [0.15, 0.2) is 0 Å². The first-order chi connectivity index (χ1) is 8.95. The Hall–Kier alpha value is -1.21. The second-order valence-electron chi connectivity index (χ2n) is 4.76. The smallest absolute Gasteiger partial charge is 0.148 e. The van der Waals surface area contributed by atoms with Gasteiger partial charge in [0.1, 0.15) is 17.5 Å². The van der Waals surface area contributed by atoms with Crippen LogP contribution in [0.25, 0.3) is 0 Å². The van der Waals surface area contributed by atoms with Gasteiger partial charge in [-0.2, -0.15) is 0 Å². The van der Waals surface area contributed by atoms with Crippen molar-refractivity contribution in [1.82, 2.24) is 9.97 Å². The molecule has 0 spiro atoms. The molecule has 1 rings (SSSR count). The molecule has 0 aromatic carbocycles. The normalized spacial score (nSPS) is 12.5. The molecule has 1 unspecified atom stereocenters. The molecule has 0 aliphatic rings. The van der Waals surface area contributed by atoms with E-state index in [0.717, 1.165) is 30.2 Å². The number of hydrogen-bond acceptors (Lipinski definition) is 6. The lowest BCUT2D eigenvalue weighted by atomic mass is 10.2. The Kier molecular flexibility index (Phi) is 6.17. The van der Waals surface area contributed by atoms with Gasteiger partial charge in [-0.25, -0.2) is 15.8 Å². The van der Waals surface area contributed by atoms with E-state index in [-0.39, 0.29) is 5.92 Å². The summed E-state index contributed by atoms with van der Waals surface area (Å²) in [6.07, 6.45) is 2.55. The molecule has 0 bridgehead atoms. The molecule has 19 heavy (non-hydrogen) atoms. The molecule has 0 saturated heterocycles. The predicted molar refractivity (Wildman–Crippen MR) is 80.7 cm³/mol. The van der Waals surface area contributed by atoms with Crippen LogP contribution < -0.4 is 16.6 Å². The quantitative estimate of drug-likeness (QED) is 0.398. The summed E-state index contributed by atoms with van der Waals surface area (Å²) in [5.74, 6) is 8.57. The van der Waals surface area contributed by atoms with E-state index in [9.17, 15) is 4.21 Å². The number of hydrazine groups is 1. The first-order valence-corrected chi connectivity index (χ1v) is 8.07. The van der Waals surface area contributed by atoms with Crippen LogP contribution in [0.3, 0.4) is 0 Å². The molecule has 0 aliphatic carbocycles. The van der Waals surface area contributed by atoms with Gasteiger partial charge < -0.3 is 10.7 Å². The van der Waals surface area contributed by atoms with E-state index in [1.165, 1.54) is 0 Å². The van der Waals surface area contributed by atoms with Crippen LogP contribution in [-0.4, -0.2) is 32.7 Å². The maximum atomic E-state index is 11.0. The number of nitrogens with one attached hydrogen (secondary N) is 2. The summed E-state index contributed by atoms with van der Waals surface area (Å²) in [5, 5.41) is 3.26. The molecule has 1 aromatic rings. The number of rotatable bonds is 7. The van der Waals surface area contributed by atoms with E-state index in [1.54, 1.807) is 6.26 Å². The SMILES string of the molecule is Cc1c(NN)nc(C(C)C)nc1NCCCS(C)=O. The van der Waals surface area contributed by atoms with Crippen molar-refractivity contribution in [2.45, 2.75) is 33.1 Å². The Bertz CT molecular complexity index is 450. The zero-order valence-electron chi connectivity index (χ0n) is 12.0. The zero-order chi connectivity index (χ0) is 14.4. The van der Waals surface area contributed by atoms with Crippen LogP contribution in [0, 0.1) is 6.92 Å². The van der Waals surface area contributed by atoms with Gasteiger partial charge in [0.2, 0.25) is 0 Å². The van der Waals surface area contributed by atoms with Crippen molar-refractivity contribution in [3.63, 3.8) is 0 Å². The molecular formula is C12H23N5OS. The van der Waals surface area contributed by atoms with E-state index in [4.69, 9.17) is 5.84 Å². The van der Waals surface area contributed by atoms with Gasteiger partial charge in [-0.3, -0.25) is 4.21 Å². The fraction of sp³-hybridized carbons (Fsp3) is 0.667. The average Bonchev–Trinajstić information content (AvgIpc) is 2.35. The standard InChI is InChI=1S/C12H23N5OS/c1-8(2)10-15-11(9(3)12(16-10)17-13)14-6-5-7-19(4)18/h8H,5-7,13H2,1-4H3,(H2,14,15,16,17). The lowest BCUT2D eigenvalue weighted by molar-refractivity contribution is 0.685. The summed E-state index contributed by atoms with van der Waals surface area (Å²) in [7, 11) is -0.752. The van der Waals surface area contributed by atoms with Crippen LogP contribution in [0.5, 0.6) is 0 Å². The van der Waals surface area contributed by atoms with Gasteiger partial charge in [0.05, 0.1) is 0 Å². The first kappa shape index (κ1) is 15.8. The highest BCUT2D eigenvalue weighted by atomic mass is 32.2. The number of aromatic nitrogens is 2. The molecule has 4 N–H and O–H groups in total. The summed E-state index contributed by atoms with van der Waals surface area (Å²) in [6.45, 7) is 6.72. The third-order valence-electron chi connectivity index (χ3n) is 2.72. The van der Waals surface area contributed by atoms with Crippen molar-refractivity contribution in [3.8, 4) is 0 Å². The van der Waals surface area contributed by atoms with Crippen molar-refractivity contribution in [1.29, 1.82) is 0 Å². The molecule has 0 aliphatic heterocycles. The molecule has 1 heterocycles. The number of anilines is 2. The van der Waals surface area contributed by atoms with Crippen LogP contribution in [0.15, 0.2) is 0 Å². The topological polar surface area (TPSA) is 92.9 Å². The number of nitrogen functional groups attached to an aromatic ring is 1. The van der Waals surface area contributed by atoms with Crippen LogP contribution in [-0.2, 0) is 10.8 Å². The van der Waals surface area contributed by atoms with E-state index in [2.05, 4.69) is 20.7 Å². The first-order valence-electron chi connectivity index (χ1n) is 6.34. The zero-order valence-corrected chi connectivity index (χ0v) is 12.8. The molecule has 108 valence electrons. The Morgan fingerprint density at radius 3 is 2.47 bits per heavy atom. The van der Waals surface area contributed by atoms with Gasteiger partial charge in [-0.1, -0.05) is 13.8 Å². The summed E-state index contributed by atoms with van der Waals surface area (Å²) >= 11 is 0.